The van der Waals surface area contributed by atoms with Crippen LogP contribution in [0.2, 0.25) is 39.3 Å². The van der Waals surface area contributed by atoms with Crippen molar-refractivity contribution in [2.24, 2.45) is 5.41 Å². The monoisotopic (exact) mass is 328 g/mol. The second kappa shape index (κ2) is 4.88. The topological polar surface area (TPSA) is 18.5 Å². The van der Waals surface area contributed by atoms with Crippen LogP contribution >= 0.6 is 11.3 Å². The highest BCUT2D eigenvalue weighted by Gasteiger charge is 2.37. The van der Waals surface area contributed by atoms with Crippen molar-refractivity contribution in [3.05, 3.63) is 0 Å². The molecule has 1 aliphatic heterocycles. The summed E-state index contributed by atoms with van der Waals surface area (Å²) in [6.45, 7) is 20.3. The van der Waals surface area contributed by atoms with Crippen molar-refractivity contribution in [3.8, 4) is 11.5 Å². The van der Waals surface area contributed by atoms with Crippen molar-refractivity contribution >= 4 is 36.5 Å². The van der Waals surface area contributed by atoms with Crippen LogP contribution < -0.4 is 18.5 Å². The van der Waals surface area contributed by atoms with Crippen LogP contribution in [0.15, 0.2) is 0 Å². The molecule has 2 heterocycles. The Kier molecular flexibility index (Phi) is 3.93. The van der Waals surface area contributed by atoms with Gasteiger partial charge in [0.1, 0.15) is 0 Å². The van der Waals surface area contributed by atoms with Crippen LogP contribution in [0.4, 0.5) is 0 Å². The first-order valence-electron chi connectivity index (χ1n) is 7.35. The molecule has 1 aromatic rings. The van der Waals surface area contributed by atoms with Crippen LogP contribution in [0.1, 0.15) is 13.8 Å². The van der Waals surface area contributed by atoms with Gasteiger partial charge in [0, 0.05) is 14.4 Å². The average Bonchev–Trinajstić information content (AvgIpc) is 2.55. The van der Waals surface area contributed by atoms with E-state index in [1.807, 2.05) is 11.3 Å². The molecular formula is C15H28O2SSi2. The SMILES string of the molecule is CC1(C)COc2c([Si](C)(C)C)sc([Si](C)(C)C)c2OC1. The Morgan fingerprint density at radius 2 is 1.15 bits per heavy atom. The van der Waals surface area contributed by atoms with Gasteiger partial charge in [0.15, 0.2) is 11.5 Å². The number of hydrogen-bond donors (Lipinski definition) is 0. The summed E-state index contributed by atoms with van der Waals surface area (Å²) in [5.74, 6) is 2.16. The Morgan fingerprint density at radius 1 is 0.800 bits per heavy atom. The summed E-state index contributed by atoms with van der Waals surface area (Å²) in [7, 11) is -2.81. The number of thiophene rings is 1. The Balaban J connectivity index is 2.58. The molecule has 0 saturated carbocycles. The summed E-state index contributed by atoms with van der Waals surface area (Å²) >= 11 is 1.97. The zero-order chi connectivity index (χ0) is 15.3. The van der Waals surface area contributed by atoms with E-state index >= 15 is 0 Å². The minimum atomic E-state index is -1.40. The van der Waals surface area contributed by atoms with Gasteiger partial charge < -0.3 is 9.47 Å². The first-order chi connectivity index (χ1) is 8.92. The molecule has 0 bridgehead atoms. The zero-order valence-electron chi connectivity index (χ0n) is 14.1. The molecule has 0 unspecified atom stereocenters. The average molecular weight is 329 g/mol. The van der Waals surface area contributed by atoms with Gasteiger partial charge in [0.25, 0.3) is 0 Å². The lowest BCUT2D eigenvalue weighted by Gasteiger charge is -2.22. The fraction of sp³-hybridized carbons (Fsp3) is 0.733. The number of rotatable bonds is 2. The van der Waals surface area contributed by atoms with Crippen molar-refractivity contribution in [1.29, 1.82) is 0 Å². The molecule has 20 heavy (non-hydrogen) atoms. The van der Waals surface area contributed by atoms with Crippen molar-refractivity contribution in [1.82, 2.24) is 0 Å². The molecule has 0 N–H and O–H groups in total. The Morgan fingerprint density at radius 3 is 1.45 bits per heavy atom. The maximum absolute atomic E-state index is 6.24. The van der Waals surface area contributed by atoms with Crippen molar-refractivity contribution < 1.29 is 9.47 Å². The Bertz CT molecular complexity index is 465. The van der Waals surface area contributed by atoms with Gasteiger partial charge in [-0.1, -0.05) is 53.1 Å². The molecule has 0 atom stereocenters. The summed E-state index contributed by atoms with van der Waals surface area (Å²) in [6.07, 6.45) is 0. The molecule has 0 radical (unpaired) electrons. The van der Waals surface area contributed by atoms with Gasteiger partial charge in [-0.3, -0.25) is 0 Å². The zero-order valence-corrected chi connectivity index (χ0v) is 17.0. The number of hydrogen-bond acceptors (Lipinski definition) is 3. The largest absolute Gasteiger partial charge is 0.488 e. The molecule has 0 fully saturated rings. The molecule has 0 spiro atoms. The van der Waals surface area contributed by atoms with Gasteiger partial charge in [0.2, 0.25) is 0 Å². The molecule has 2 rings (SSSR count). The lowest BCUT2D eigenvalue weighted by molar-refractivity contribution is 0.140. The van der Waals surface area contributed by atoms with E-state index in [0.29, 0.717) is 0 Å². The quantitative estimate of drug-likeness (QED) is 0.772. The van der Waals surface area contributed by atoms with E-state index in [2.05, 4.69) is 53.1 Å². The summed E-state index contributed by atoms with van der Waals surface area (Å²) in [5, 5.41) is 0. The van der Waals surface area contributed by atoms with Crippen LogP contribution in [-0.2, 0) is 0 Å². The van der Waals surface area contributed by atoms with Crippen molar-refractivity contribution in [2.75, 3.05) is 13.2 Å². The molecule has 0 amide bonds. The summed E-state index contributed by atoms with van der Waals surface area (Å²) in [6, 6.07) is 0. The smallest absolute Gasteiger partial charge is 0.170 e. The van der Waals surface area contributed by atoms with E-state index in [4.69, 9.17) is 9.47 Å². The lowest BCUT2D eigenvalue weighted by Crippen LogP contribution is -2.39. The fourth-order valence-corrected chi connectivity index (χ4v) is 8.02. The van der Waals surface area contributed by atoms with E-state index in [1.165, 1.54) is 9.00 Å². The molecule has 0 saturated heterocycles. The molecule has 1 aromatic heterocycles. The van der Waals surface area contributed by atoms with E-state index in [0.717, 1.165) is 24.7 Å². The van der Waals surface area contributed by atoms with Crippen LogP contribution in [0.5, 0.6) is 11.5 Å². The molecule has 0 aliphatic carbocycles. The highest BCUT2D eigenvalue weighted by molar-refractivity contribution is 7.36. The lowest BCUT2D eigenvalue weighted by atomic mass is 9.97. The maximum Gasteiger partial charge on any atom is 0.170 e. The summed E-state index contributed by atoms with van der Waals surface area (Å²) in [5.41, 5.74) is 0.0874. The van der Waals surface area contributed by atoms with E-state index in [-0.39, 0.29) is 5.41 Å². The van der Waals surface area contributed by atoms with E-state index in [9.17, 15) is 0 Å². The second-order valence-corrected chi connectivity index (χ2v) is 20.4. The standard InChI is InChI=1S/C15H28O2SSi2/c1-15(2)9-16-11-12(17-10-15)14(20(6,7)8)18-13(11)19(3,4)5/h9-10H2,1-8H3. The molecular weight excluding hydrogens is 300 g/mol. The molecule has 2 nitrogen and oxygen atoms in total. The molecule has 114 valence electrons. The number of ether oxygens (including phenoxy) is 2. The normalized spacial score (nSPS) is 18.8. The van der Waals surface area contributed by atoms with Gasteiger partial charge in [-0.2, -0.15) is 0 Å². The van der Waals surface area contributed by atoms with E-state index < -0.39 is 16.1 Å². The van der Waals surface area contributed by atoms with Crippen LogP contribution in [-0.4, -0.2) is 29.4 Å². The molecule has 1 aliphatic rings. The van der Waals surface area contributed by atoms with Crippen molar-refractivity contribution in [2.45, 2.75) is 53.1 Å². The first-order valence-corrected chi connectivity index (χ1v) is 15.2. The third-order valence-corrected chi connectivity index (χ3v) is 11.6. The molecule has 5 heteroatoms. The summed E-state index contributed by atoms with van der Waals surface area (Å²) in [4.78, 5) is 0. The highest BCUT2D eigenvalue weighted by Crippen LogP contribution is 2.37. The van der Waals surface area contributed by atoms with Gasteiger partial charge >= 0.3 is 0 Å². The maximum atomic E-state index is 6.24. The third-order valence-electron chi connectivity index (χ3n) is 3.40. The molecule has 0 aromatic carbocycles. The van der Waals surface area contributed by atoms with Crippen molar-refractivity contribution in [3.63, 3.8) is 0 Å². The van der Waals surface area contributed by atoms with Crippen LogP contribution in [0, 0.1) is 5.41 Å². The third kappa shape index (κ3) is 3.15. The van der Waals surface area contributed by atoms with E-state index in [1.54, 1.807) is 0 Å². The van der Waals surface area contributed by atoms with Crippen LogP contribution in [0.25, 0.3) is 0 Å². The predicted molar refractivity (Wildman–Crippen MR) is 95.1 cm³/mol. The van der Waals surface area contributed by atoms with Gasteiger partial charge in [-0.15, -0.1) is 11.3 Å². The first kappa shape index (κ1) is 16.1. The van der Waals surface area contributed by atoms with Gasteiger partial charge in [-0.25, -0.2) is 0 Å². The fourth-order valence-electron chi connectivity index (χ4n) is 2.23. The minimum absolute atomic E-state index is 0.0874. The Labute approximate surface area is 129 Å². The van der Waals surface area contributed by atoms with Crippen LogP contribution in [0.3, 0.4) is 0 Å². The Hall–Kier alpha value is -0.266. The number of fused-ring (bicyclic) bond motifs is 1. The predicted octanol–water partition coefficient (Wildman–Crippen LogP) is 3.64. The van der Waals surface area contributed by atoms with Gasteiger partial charge in [-0.05, 0) is 0 Å². The highest BCUT2D eigenvalue weighted by atomic mass is 32.1. The second-order valence-electron chi connectivity index (χ2n) is 8.66. The van der Waals surface area contributed by atoms with Gasteiger partial charge in [0.05, 0.1) is 29.4 Å². The minimum Gasteiger partial charge on any atom is -0.488 e. The summed E-state index contributed by atoms with van der Waals surface area (Å²) < 4.78 is 15.4.